The average Bonchev–Trinajstić information content (AvgIpc) is 2.94. The highest BCUT2D eigenvalue weighted by molar-refractivity contribution is 5.70. The van der Waals surface area contributed by atoms with Crippen LogP contribution in [0.1, 0.15) is 35.6 Å². The molecule has 0 aromatic heterocycles. The second-order valence-electron chi connectivity index (χ2n) is 10.2. The number of hydrogen-bond donors (Lipinski definition) is 1. The standard InChI is InChI=1S/C30H32F2N2O4/c31-29(32)28(33)23-6-3-5-22(14-23)25-12-21(16-38-27-7-2-1-4-24(27)17-36-20-35)13-26(15-25)34-10-8-30(9-11-34)18-37-19-30/h1-7,12-15,20,28-29H,8-11,16-19,33H2/t28-/m1/s1. The van der Waals surface area contributed by atoms with Gasteiger partial charge in [0.15, 0.2) is 0 Å². The molecule has 1 spiro atoms. The van der Waals surface area contributed by atoms with Gasteiger partial charge in [-0.1, -0.05) is 36.4 Å². The first-order valence-corrected chi connectivity index (χ1v) is 12.8. The van der Waals surface area contributed by atoms with Crippen molar-refractivity contribution >= 4 is 12.2 Å². The van der Waals surface area contributed by atoms with Crippen molar-refractivity contribution in [2.75, 3.05) is 31.2 Å². The molecule has 5 rings (SSSR count). The van der Waals surface area contributed by atoms with Gasteiger partial charge in [-0.15, -0.1) is 0 Å². The Bertz CT molecular complexity index is 1250. The summed E-state index contributed by atoms with van der Waals surface area (Å²) in [6, 6.07) is 19.4. The second kappa shape index (κ2) is 11.5. The highest BCUT2D eigenvalue weighted by Gasteiger charge is 2.41. The molecule has 8 heteroatoms. The minimum Gasteiger partial charge on any atom is -0.488 e. The zero-order valence-corrected chi connectivity index (χ0v) is 21.2. The van der Waals surface area contributed by atoms with Gasteiger partial charge < -0.3 is 24.8 Å². The van der Waals surface area contributed by atoms with Gasteiger partial charge in [-0.3, -0.25) is 4.79 Å². The first-order valence-electron chi connectivity index (χ1n) is 12.8. The van der Waals surface area contributed by atoms with Crippen molar-refractivity contribution in [2.45, 2.75) is 38.5 Å². The number of ether oxygens (including phenoxy) is 3. The molecule has 1 atom stereocenters. The van der Waals surface area contributed by atoms with Crippen LogP contribution in [0.25, 0.3) is 11.1 Å². The smallest absolute Gasteiger partial charge is 0.293 e. The summed E-state index contributed by atoms with van der Waals surface area (Å²) in [5.41, 5.74) is 11.0. The second-order valence-corrected chi connectivity index (χ2v) is 10.2. The predicted octanol–water partition coefficient (Wildman–Crippen LogP) is 5.49. The Morgan fingerprint density at radius 1 is 0.974 bits per heavy atom. The predicted molar refractivity (Wildman–Crippen MR) is 141 cm³/mol. The van der Waals surface area contributed by atoms with Gasteiger partial charge >= 0.3 is 0 Å². The van der Waals surface area contributed by atoms with Crippen LogP contribution in [-0.4, -0.2) is 39.2 Å². The molecule has 3 aromatic rings. The van der Waals surface area contributed by atoms with E-state index in [0.717, 1.165) is 67.1 Å². The third-order valence-electron chi connectivity index (χ3n) is 7.53. The van der Waals surface area contributed by atoms with E-state index in [4.69, 9.17) is 19.9 Å². The number of anilines is 1. The van der Waals surface area contributed by atoms with E-state index in [1.54, 1.807) is 18.2 Å². The van der Waals surface area contributed by atoms with Gasteiger partial charge in [0.1, 0.15) is 19.0 Å². The molecule has 38 heavy (non-hydrogen) atoms. The molecule has 0 bridgehead atoms. The Morgan fingerprint density at radius 3 is 2.47 bits per heavy atom. The summed E-state index contributed by atoms with van der Waals surface area (Å²) < 4.78 is 43.2. The number of halogens is 2. The Labute approximate surface area is 221 Å². The average molecular weight is 523 g/mol. The van der Waals surface area contributed by atoms with E-state index in [1.165, 1.54) is 0 Å². The van der Waals surface area contributed by atoms with Gasteiger partial charge in [-0.05, 0) is 65.4 Å². The fraction of sp³-hybridized carbons (Fsp3) is 0.367. The third-order valence-corrected chi connectivity index (χ3v) is 7.53. The molecule has 2 fully saturated rings. The first-order chi connectivity index (χ1) is 18.5. The lowest BCUT2D eigenvalue weighted by Crippen LogP contribution is -2.50. The Morgan fingerprint density at radius 2 is 1.76 bits per heavy atom. The maximum atomic E-state index is 13.3. The van der Waals surface area contributed by atoms with Crippen molar-refractivity contribution in [3.05, 3.63) is 83.4 Å². The van der Waals surface area contributed by atoms with Gasteiger partial charge in [0.05, 0.1) is 19.3 Å². The van der Waals surface area contributed by atoms with Crippen LogP contribution >= 0.6 is 0 Å². The van der Waals surface area contributed by atoms with E-state index >= 15 is 0 Å². The Hall–Kier alpha value is -3.49. The van der Waals surface area contributed by atoms with Crippen molar-refractivity contribution in [1.29, 1.82) is 0 Å². The van der Waals surface area contributed by atoms with Crippen LogP contribution < -0.4 is 15.4 Å². The summed E-state index contributed by atoms with van der Waals surface area (Å²) in [6.45, 7) is 4.36. The van der Waals surface area contributed by atoms with Crippen molar-refractivity contribution in [2.24, 2.45) is 11.1 Å². The molecule has 2 heterocycles. The zero-order chi connectivity index (χ0) is 26.5. The molecule has 0 unspecified atom stereocenters. The molecule has 6 nitrogen and oxygen atoms in total. The molecular formula is C30H32F2N2O4. The number of hydrogen-bond acceptors (Lipinski definition) is 6. The highest BCUT2D eigenvalue weighted by Crippen LogP contribution is 2.40. The fourth-order valence-corrected chi connectivity index (χ4v) is 5.15. The van der Waals surface area contributed by atoms with E-state index in [1.807, 2.05) is 36.4 Å². The molecule has 200 valence electrons. The molecule has 2 aliphatic rings. The largest absolute Gasteiger partial charge is 0.488 e. The van der Waals surface area contributed by atoms with Crippen molar-refractivity contribution in [3.63, 3.8) is 0 Å². The lowest BCUT2D eigenvalue weighted by molar-refractivity contribution is -0.129. The van der Waals surface area contributed by atoms with E-state index < -0.39 is 12.5 Å². The normalized spacial score (nSPS) is 17.2. The van der Waals surface area contributed by atoms with Crippen LogP contribution in [0, 0.1) is 5.41 Å². The number of nitrogens with two attached hydrogens (primary N) is 1. The summed E-state index contributed by atoms with van der Waals surface area (Å²) in [5, 5.41) is 0. The number of carbonyl (C=O) groups is 1. The zero-order valence-electron chi connectivity index (χ0n) is 21.2. The number of carbonyl (C=O) groups excluding carboxylic acids is 1. The summed E-state index contributed by atoms with van der Waals surface area (Å²) in [4.78, 5) is 13.0. The number of para-hydroxylation sites is 1. The maximum absolute atomic E-state index is 13.3. The molecule has 2 saturated heterocycles. The monoisotopic (exact) mass is 522 g/mol. The topological polar surface area (TPSA) is 74.0 Å². The van der Waals surface area contributed by atoms with Gasteiger partial charge in [0, 0.05) is 29.8 Å². The molecule has 0 aliphatic carbocycles. The third kappa shape index (κ3) is 5.81. The molecule has 3 aromatic carbocycles. The van der Waals surface area contributed by atoms with Gasteiger partial charge in [0.25, 0.3) is 12.9 Å². The van der Waals surface area contributed by atoms with Crippen molar-refractivity contribution < 1.29 is 27.8 Å². The van der Waals surface area contributed by atoms with E-state index in [-0.39, 0.29) is 6.61 Å². The van der Waals surface area contributed by atoms with Crippen molar-refractivity contribution in [3.8, 4) is 16.9 Å². The van der Waals surface area contributed by atoms with Crippen molar-refractivity contribution in [1.82, 2.24) is 0 Å². The van der Waals surface area contributed by atoms with Gasteiger partial charge in [0.2, 0.25) is 0 Å². The number of piperidine rings is 1. The number of rotatable bonds is 10. The lowest BCUT2D eigenvalue weighted by Gasteiger charge is -2.48. The quantitative estimate of drug-likeness (QED) is 0.355. The fourth-order valence-electron chi connectivity index (χ4n) is 5.15. The van der Waals surface area contributed by atoms with E-state index in [2.05, 4.69) is 17.0 Å². The number of benzene rings is 3. The van der Waals surface area contributed by atoms with Crippen LogP contribution in [0.3, 0.4) is 0 Å². The molecule has 2 N–H and O–H groups in total. The molecule has 0 saturated carbocycles. The summed E-state index contributed by atoms with van der Waals surface area (Å²) in [7, 11) is 0. The van der Waals surface area contributed by atoms with Crippen LogP contribution in [0.15, 0.2) is 66.7 Å². The minimum atomic E-state index is -2.64. The molecule has 0 amide bonds. The SMILES string of the molecule is N[C@H](c1cccc(-c2cc(COc3ccccc3COC=O)cc(N3CCC4(CC3)COC4)c2)c1)C(F)F. The van der Waals surface area contributed by atoms with E-state index in [9.17, 15) is 13.6 Å². The van der Waals surface area contributed by atoms with Crippen LogP contribution in [0.4, 0.5) is 14.5 Å². The number of alkyl halides is 2. The van der Waals surface area contributed by atoms with E-state index in [0.29, 0.717) is 29.8 Å². The highest BCUT2D eigenvalue weighted by atomic mass is 19.3. The molecule has 0 radical (unpaired) electrons. The minimum absolute atomic E-state index is 0.126. The lowest BCUT2D eigenvalue weighted by atomic mass is 9.76. The molecular weight excluding hydrogens is 490 g/mol. The van der Waals surface area contributed by atoms with Gasteiger partial charge in [-0.2, -0.15) is 0 Å². The van der Waals surface area contributed by atoms with Crippen LogP contribution in [0.2, 0.25) is 0 Å². The Kier molecular flexibility index (Phi) is 7.90. The van der Waals surface area contributed by atoms with Gasteiger partial charge in [-0.25, -0.2) is 8.78 Å². The number of nitrogens with zero attached hydrogens (tertiary/aromatic N) is 1. The van der Waals surface area contributed by atoms with Crippen LogP contribution in [0.5, 0.6) is 5.75 Å². The maximum Gasteiger partial charge on any atom is 0.293 e. The first kappa shape index (κ1) is 26.1. The Balaban J connectivity index is 1.43. The molecule has 2 aliphatic heterocycles. The van der Waals surface area contributed by atoms with Crippen LogP contribution in [-0.2, 0) is 27.5 Å². The summed E-state index contributed by atoms with van der Waals surface area (Å²) in [5.74, 6) is 0.635. The summed E-state index contributed by atoms with van der Waals surface area (Å²) in [6.07, 6.45) is -0.488. The summed E-state index contributed by atoms with van der Waals surface area (Å²) >= 11 is 0.